The molecule has 0 spiro atoms. The van der Waals surface area contributed by atoms with Crippen LogP contribution in [0.4, 0.5) is 5.69 Å². The van der Waals surface area contributed by atoms with Crippen molar-refractivity contribution >= 4 is 17.3 Å². The highest BCUT2D eigenvalue weighted by Crippen LogP contribution is 2.34. The SMILES string of the molecule is C=C(O)Nc1cc(Cl)c(-c2ccc(-c3ccc(C)cc3)cc2)cc1C.C=C/C=C\C.CC.CC[C@@H](C)C(O)[C@H](O)CC. The van der Waals surface area contributed by atoms with Crippen LogP contribution >= 0.6 is 11.6 Å². The van der Waals surface area contributed by atoms with Crippen molar-refractivity contribution in [2.45, 2.75) is 80.4 Å². The summed E-state index contributed by atoms with van der Waals surface area (Å²) in [6.45, 7) is 22.7. The van der Waals surface area contributed by atoms with Crippen LogP contribution in [0.15, 0.2) is 97.9 Å². The Bertz CT molecular complexity index is 1210. The first kappa shape index (κ1) is 38.7. The number of rotatable bonds is 9. The number of halogens is 1. The molecule has 4 N–H and O–H groups in total. The monoisotopic (exact) mass is 593 g/mol. The third-order valence-electron chi connectivity index (χ3n) is 6.54. The predicted molar refractivity (Wildman–Crippen MR) is 185 cm³/mol. The first-order valence-corrected chi connectivity index (χ1v) is 15.1. The topological polar surface area (TPSA) is 72.7 Å². The molecule has 230 valence electrons. The lowest BCUT2D eigenvalue weighted by molar-refractivity contribution is -0.0149. The number of nitrogens with one attached hydrogen (secondary N) is 1. The molecule has 0 fully saturated rings. The summed E-state index contributed by atoms with van der Waals surface area (Å²) in [7, 11) is 0. The average Bonchev–Trinajstić information content (AvgIpc) is 3.00. The van der Waals surface area contributed by atoms with E-state index in [0.717, 1.165) is 28.8 Å². The zero-order chi connectivity index (χ0) is 32.2. The fraction of sp³-hybridized carbons (Fsp3) is 0.351. The van der Waals surface area contributed by atoms with Gasteiger partial charge in [0.05, 0.1) is 17.2 Å². The molecule has 0 amide bonds. The molecule has 0 aliphatic rings. The van der Waals surface area contributed by atoms with Gasteiger partial charge in [-0.1, -0.05) is 132 Å². The Balaban J connectivity index is 0.000000821. The van der Waals surface area contributed by atoms with E-state index >= 15 is 0 Å². The minimum absolute atomic E-state index is 0.102. The number of hydrogen-bond donors (Lipinski definition) is 4. The Labute approximate surface area is 260 Å². The number of hydrogen-bond acceptors (Lipinski definition) is 4. The van der Waals surface area contributed by atoms with Gasteiger partial charge in [0, 0.05) is 11.3 Å². The van der Waals surface area contributed by atoms with Crippen molar-refractivity contribution in [2.75, 3.05) is 5.32 Å². The van der Waals surface area contributed by atoms with E-state index in [1.165, 1.54) is 16.7 Å². The Morgan fingerprint density at radius 1 is 0.905 bits per heavy atom. The molecule has 0 radical (unpaired) electrons. The molecule has 0 bridgehead atoms. The third kappa shape index (κ3) is 13.6. The molecule has 0 aliphatic carbocycles. The van der Waals surface area contributed by atoms with E-state index < -0.39 is 12.2 Å². The lowest BCUT2D eigenvalue weighted by Crippen LogP contribution is -2.31. The molecule has 42 heavy (non-hydrogen) atoms. The Morgan fingerprint density at radius 3 is 1.81 bits per heavy atom. The maximum Gasteiger partial charge on any atom is 0.181 e. The lowest BCUT2D eigenvalue weighted by atomic mass is 9.96. The van der Waals surface area contributed by atoms with Gasteiger partial charge >= 0.3 is 0 Å². The minimum Gasteiger partial charge on any atom is -0.495 e. The van der Waals surface area contributed by atoms with E-state index in [1.807, 2.05) is 72.8 Å². The highest BCUT2D eigenvalue weighted by atomic mass is 35.5. The molecule has 0 aliphatic heterocycles. The van der Waals surface area contributed by atoms with Gasteiger partial charge in [-0.3, -0.25) is 0 Å². The lowest BCUT2D eigenvalue weighted by Gasteiger charge is -2.21. The van der Waals surface area contributed by atoms with Crippen LogP contribution in [0.2, 0.25) is 5.02 Å². The first-order chi connectivity index (χ1) is 20.0. The molecular weight excluding hydrogens is 542 g/mol. The third-order valence-corrected chi connectivity index (χ3v) is 6.85. The van der Waals surface area contributed by atoms with E-state index in [2.05, 4.69) is 73.9 Å². The number of allylic oxidation sites excluding steroid dienone is 3. The van der Waals surface area contributed by atoms with Crippen LogP contribution in [0.5, 0.6) is 0 Å². The van der Waals surface area contributed by atoms with Crippen molar-refractivity contribution in [2.24, 2.45) is 5.92 Å². The van der Waals surface area contributed by atoms with Crippen molar-refractivity contribution < 1.29 is 15.3 Å². The van der Waals surface area contributed by atoms with Crippen LogP contribution in [-0.2, 0) is 0 Å². The Morgan fingerprint density at radius 2 is 1.40 bits per heavy atom. The van der Waals surface area contributed by atoms with Gasteiger partial charge in [-0.25, -0.2) is 0 Å². The molecule has 0 saturated heterocycles. The number of aryl methyl sites for hydroxylation is 2. The van der Waals surface area contributed by atoms with Gasteiger partial charge in [-0.2, -0.15) is 0 Å². The summed E-state index contributed by atoms with van der Waals surface area (Å²) in [4.78, 5) is 0. The average molecular weight is 594 g/mol. The molecule has 0 saturated carbocycles. The second-order valence-corrected chi connectivity index (χ2v) is 10.2. The molecule has 5 heteroatoms. The summed E-state index contributed by atoms with van der Waals surface area (Å²) < 4.78 is 0. The molecular formula is C37H52ClNO3. The number of aliphatic hydroxyl groups excluding tert-OH is 3. The molecule has 4 nitrogen and oxygen atoms in total. The Hall–Kier alpha value is -3.31. The van der Waals surface area contributed by atoms with Crippen molar-refractivity contribution in [1.82, 2.24) is 0 Å². The number of aliphatic hydroxyl groups is 3. The normalized spacial score (nSPS) is 12.3. The van der Waals surface area contributed by atoms with Gasteiger partial charge in [-0.15, -0.1) is 0 Å². The molecule has 3 aromatic carbocycles. The summed E-state index contributed by atoms with van der Waals surface area (Å²) in [5.74, 6) is 0.101. The summed E-state index contributed by atoms with van der Waals surface area (Å²) in [5, 5.41) is 31.3. The second-order valence-electron chi connectivity index (χ2n) is 9.78. The molecule has 3 atom stereocenters. The van der Waals surface area contributed by atoms with Crippen LogP contribution in [-0.4, -0.2) is 27.5 Å². The highest BCUT2D eigenvalue weighted by molar-refractivity contribution is 6.33. The van der Waals surface area contributed by atoms with E-state index in [-0.39, 0.29) is 11.8 Å². The van der Waals surface area contributed by atoms with Crippen molar-refractivity contribution in [3.05, 3.63) is 114 Å². The molecule has 1 unspecified atom stereocenters. The molecule has 3 aromatic rings. The van der Waals surface area contributed by atoms with Crippen LogP contribution in [0.3, 0.4) is 0 Å². The van der Waals surface area contributed by atoms with Gasteiger partial charge in [0.25, 0.3) is 0 Å². The van der Waals surface area contributed by atoms with Crippen LogP contribution in [0.25, 0.3) is 22.3 Å². The first-order valence-electron chi connectivity index (χ1n) is 14.7. The van der Waals surface area contributed by atoms with Crippen molar-refractivity contribution in [3.63, 3.8) is 0 Å². The van der Waals surface area contributed by atoms with E-state index in [4.69, 9.17) is 11.6 Å². The standard InChI is InChI=1S/C22H20ClNO.C8H18O2.C5H8.C2H6/c1-14-4-6-17(7-5-14)18-8-10-19(11-9-18)20-12-15(2)22(13-21(20)23)24-16(3)25;1-4-6(3)8(10)7(9)5-2;1-3-5-4-2;1-2/h4-13,24-25H,3H2,1-2H3;6-10H,4-5H2,1-3H3;3-5H,1H2,2H3;1-2H3/b;;5-4-;/t;6-,7-,8?;;/m.1../s1. The fourth-order valence-electron chi connectivity index (χ4n) is 3.78. The van der Waals surface area contributed by atoms with Gasteiger partial charge in [0.2, 0.25) is 0 Å². The van der Waals surface area contributed by atoms with Gasteiger partial charge in [-0.05, 0) is 74.1 Å². The fourth-order valence-corrected chi connectivity index (χ4v) is 4.05. The Kier molecular flexibility index (Phi) is 19.7. The van der Waals surface area contributed by atoms with Gasteiger partial charge in [0.1, 0.15) is 0 Å². The predicted octanol–water partition coefficient (Wildman–Crippen LogP) is 10.7. The van der Waals surface area contributed by atoms with E-state index in [1.54, 1.807) is 6.08 Å². The van der Waals surface area contributed by atoms with Crippen molar-refractivity contribution in [1.29, 1.82) is 0 Å². The zero-order valence-corrected chi connectivity index (χ0v) is 27.5. The highest BCUT2D eigenvalue weighted by Gasteiger charge is 2.19. The maximum atomic E-state index is 9.34. The summed E-state index contributed by atoms with van der Waals surface area (Å²) in [6, 6.07) is 20.7. The van der Waals surface area contributed by atoms with Crippen LogP contribution < -0.4 is 5.32 Å². The van der Waals surface area contributed by atoms with E-state index in [9.17, 15) is 15.3 Å². The van der Waals surface area contributed by atoms with Gasteiger partial charge in [0.15, 0.2) is 5.88 Å². The largest absolute Gasteiger partial charge is 0.495 e. The summed E-state index contributed by atoms with van der Waals surface area (Å²) >= 11 is 6.44. The zero-order valence-electron chi connectivity index (χ0n) is 26.8. The minimum atomic E-state index is -0.546. The second kappa shape index (κ2) is 21.4. The number of benzene rings is 3. The quantitative estimate of drug-likeness (QED) is 0.147. The number of anilines is 1. The molecule has 3 rings (SSSR count). The van der Waals surface area contributed by atoms with Crippen molar-refractivity contribution in [3.8, 4) is 22.3 Å². The van der Waals surface area contributed by atoms with Crippen LogP contribution in [0, 0.1) is 19.8 Å². The van der Waals surface area contributed by atoms with E-state index in [0.29, 0.717) is 11.4 Å². The van der Waals surface area contributed by atoms with Gasteiger partial charge < -0.3 is 20.6 Å². The molecule has 0 heterocycles. The summed E-state index contributed by atoms with van der Waals surface area (Å²) in [6.07, 6.45) is 6.03. The summed E-state index contributed by atoms with van der Waals surface area (Å²) in [5.41, 5.74) is 7.37. The smallest absolute Gasteiger partial charge is 0.181 e. The maximum absolute atomic E-state index is 9.34. The van der Waals surface area contributed by atoms with Crippen LogP contribution in [0.1, 0.15) is 65.5 Å². The molecule has 0 aromatic heterocycles.